The van der Waals surface area contributed by atoms with E-state index in [0.29, 0.717) is 6.54 Å². The highest BCUT2D eigenvalue weighted by Gasteiger charge is 2.17. The lowest BCUT2D eigenvalue weighted by Gasteiger charge is -2.14. The highest BCUT2D eigenvalue weighted by atomic mass is 32.1. The first-order valence-corrected chi connectivity index (χ1v) is 7.05. The molecule has 1 heterocycles. The Hall–Kier alpha value is -1.40. The van der Waals surface area contributed by atoms with Gasteiger partial charge in [-0.25, -0.2) is 0 Å². The van der Waals surface area contributed by atoms with Crippen molar-refractivity contribution in [1.29, 1.82) is 0 Å². The predicted octanol–water partition coefficient (Wildman–Crippen LogP) is 1.39. The third-order valence-electron chi connectivity index (χ3n) is 2.55. The SMILES string of the molecule is CCCNC(=O)C(=O)NCC(OC)c1ccc(C)s1. The lowest BCUT2D eigenvalue weighted by Crippen LogP contribution is -2.41. The molecule has 0 spiro atoms. The number of thiophene rings is 1. The summed E-state index contributed by atoms with van der Waals surface area (Å²) < 4.78 is 5.32. The van der Waals surface area contributed by atoms with Gasteiger partial charge in [-0.1, -0.05) is 6.92 Å². The fourth-order valence-electron chi connectivity index (χ4n) is 1.51. The van der Waals surface area contributed by atoms with Crippen molar-refractivity contribution in [3.8, 4) is 0 Å². The second-order valence-corrected chi connectivity index (χ2v) is 5.46. The van der Waals surface area contributed by atoms with E-state index in [1.165, 1.54) is 4.88 Å². The standard InChI is InChI=1S/C13H20N2O3S/c1-4-7-14-12(16)13(17)15-8-10(18-3)11-6-5-9(2)19-11/h5-6,10H,4,7-8H2,1-3H3,(H,14,16)(H,15,17). The smallest absolute Gasteiger partial charge is 0.309 e. The first-order valence-electron chi connectivity index (χ1n) is 6.23. The second kappa shape index (κ2) is 7.91. The summed E-state index contributed by atoms with van der Waals surface area (Å²) in [5.41, 5.74) is 0. The summed E-state index contributed by atoms with van der Waals surface area (Å²) in [4.78, 5) is 25.1. The minimum absolute atomic E-state index is 0.221. The van der Waals surface area contributed by atoms with Gasteiger partial charge in [-0.15, -0.1) is 11.3 Å². The Balaban J connectivity index is 2.45. The number of nitrogens with one attached hydrogen (secondary N) is 2. The van der Waals surface area contributed by atoms with Crippen LogP contribution >= 0.6 is 11.3 Å². The maximum absolute atomic E-state index is 11.5. The molecule has 1 aromatic rings. The zero-order valence-electron chi connectivity index (χ0n) is 11.5. The molecule has 2 amide bonds. The number of aryl methyl sites for hydroxylation is 1. The molecule has 5 nitrogen and oxygen atoms in total. The summed E-state index contributed by atoms with van der Waals surface area (Å²) in [6.07, 6.45) is 0.579. The van der Waals surface area contributed by atoms with Gasteiger partial charge >= 0.3 is 11.8 Å². The zero-order valence-corrected chi connectivity index (χ0v) is 12.3. The lowest BCUT2D eigenvalue weighted by molar-refractivity contribution is -0.139. The summed E-state index contributed by atoms with van der Waals surface area (Å²) in [7, 11) is 1.59. The van der Waals surface area contributed by atoms with Crippen LogP contribution in [-0.4, -0.2) is 32.0 Å². The van der Waals surface area contributed by atoms with Gasteiger partial charge in [-0.05, 0) is 25.5 Å². The van der Waals surface area contributed by atoms with E-state index in [1.807, 2.05) is 26.0 Å². The van der Waals surface area contributed by atoms with Gasteiger partial charge in [0.05, 0.1) is 0 Å². The Labute approximate surface area is 117 Å². The Bertz CT molecular complexity index is 431. The van der Waals surface area contributed by atoms with Crippen LogP contribution in [0.2, 0.25) is 0 Å². The van der Waals surface area contributed by atoms with Crippen LogP contribution in [0.25, 0.3) is 0 Å². The number of ether oxygens (including phenoxy) is 1. The van der Waals surface area contributed by atoms with Crippen LogP contribution in [0, 0.1) is 6.92 Å². The molecular weight excluding hydrogens is 264 g/mol. The number of rotatable bonds is 6. The van der Waals surface area contributed by atoms with E-state index < -0.39 is 11.8 Å². The van der Waals surface area contributed by atoms with Crippen LogP contribution in [0.3, 0.4) is 0 Å². The van der Waals surface area contributed by atoms with Gasteiger partial charge in [0.25, 0.3) is 0 Å². The molecule has 0 saturated heterocycles. The molecule has 0 saturated carbocycles. The number of methoxy groups -OCH3 is 1. The average Bonchev–Trinajstić information content (AvgIpc) is 2.83. The summed E-state index contributed by atoms with van der Waals surface area (Å²) in [6, 6.07) is 3.97. The first-order chi connectivity index (χ1) is 9.08. The minimum atomic E-state index is -0.622. The summed E-state index contributed by atoms with van der Waals surface area (Å²) >= 11 is 1.62. The molecule has 1 rings (SSSR count). The van der Waals surface area contributed by atoms with Crippen LogP contribution in [0.4, 0.5) is 0 Å². The monoisotopic (exact) mass is 284 g/mol. The molecule has 0 aliphatic heterocycles. The highest BCUT2D eigenvalue weighted by molar-refractivity contribution is 7.12. The van der Waals surface area contributed by atoms with Gasteiger partial charge in [0.15, 0.2) is 0 Å². The van der Waals surface area contributed by atoms with Crippen molar-refractivity contribution in [3.63, 3.8) is 0 Å². The fourth-order valence-corrected chi connectivity index (χ4v) is 2.47. The maximum Gasteiger partial charge on any atom is 0.309 e. The molecule has 106 valence electrons. The second-order valence-electron chi connectivity index (χ2n) is 4.14. The van der Waals surface area contributed by atoms with Crippen molar-refractivity contribution in [2.24, 2.45) is 0 Å². The van der Waals surface area contributed by atoms with E-state index >= 15 is 0 Å². The summed E-state index contributed by atoms with van der Waals surface area (Å²) in [5.74, 6) is -1.22. The first kappa shape index (κ1) is 15.7. The van der Waals surface area contributed by atoms with Crippen molar-refractivity contribution in [1.82, 2.24) is 10.6 Å². The van der Waals surface area contributed by atoms with Crippen molar-refractivity contribution in [3.05, 3.63) is 21.9 Å². The molecule has 0 bridgehead atoms. The third-order valence-corrected chi connectivity index (χ3v) is 3.65. The molecule has 0 radical (unpaired) electrons. The molecular formula is C13H20N2O3S. The molecule has 1 aromatic heterocycles. The molecule has 1 unspecified atom stereocenters. The van der Waals surface area contributed by atoms with E-state index in [2.05, 4.69) is 10.6 Å². The minimum Gasteiger partial charge on any atom is -0.374 e. The number of hydrogen-bond donors (Lipinski definition) is 2. The summed E-state index contributed by atoms with van der Waals surface area (Å²) in [5, 5.41) is 5.11. The largest absolute Gasteiger partial charge is 0.374 e. The maximum atomic E-state index is 11.5. The van der Waals surface area contributed by atoms with Gasteiger partial charge in [0, 0.05) is 30.0 Å². The molecule has 6 heteroatoms. The molecule has 0 aliphatic rings. The molecule has 0 fully saturated rings. The van der Waals surface area contributed by atoms with Gasteiger partial charge in [-0.3, -0.25) is 9.59 Å². The van der Waals surface area contributed by atoms with Crippen LogP contribution in [-0.2, 0) is 14.3 Å². The topological polar surface area (TPSA) is 67.4 Å². The van der Waals surface area contributed by atoms with Crippen LogP contribution in [0.5, 0.6) is 0 Å². The Morgan fingerprint density at radius 1 is 1.32 bits per heavy atom. The number of carbonyl (C=O) groups excluding carboxylic acids is 2. The van der Waals surface area contributed by atoms with Crippen molar-refractivity contribution < 1.29 is 14.3 Å². The summed E-state index contributed by atoms with van der Waals surface area (Å²) in [6.45, 7) is 4.73. The normalized spacial score (nSPS) is 11.9. The molecule has 2 N–H and O–H groups in total. The Kier molecular flexibility index (Phi) is 6.52. The van der Waals surface area contributed by atoms with Crippen LogP contribution in [0.15, 0.2) is 12.1 Å². The Morgan fingerprint density at radius 2 is 2.00 bits per heavy atom. The average molecular weight is 284 g/mol. The quantitative estimate of drug-likeness (QED) is 0.776. The number of carbonyl (C=O) groups is 2. The van der Waals surface area contributed by atoms with E-state index in [4.69, 9.17) is 4.74 Å². The van der Waals surface area contributed by atoms with Crippen molar-refractivity contribution in [2.75, 3.05) is 20.2 Å². The van der Waals surface area contributed by atoms with Gasteiger partial charge in [0.1, 0.15) is 6.10 Å². The van der Waals surface area contributed by atoms with Crippen molar-refractivity contribution >= 4 is 23.2 Å². The number of hydrogen-bond acceptors (Lipinski definition) is 4. The van der Waals surface area contributed by atoms with E-state index in [0.717, 1.165) is 11.3 Å². The Morgan fingerprint density at radius 3 is 2.53 bits per heavy atom. The van der Waals surface area contributed by atoms with E-state index in [1.54, 1.807) is 18.4 Å². The van der Waals surface area contributed by atoms with Gasteiger partial charge in [0.2, 0.25) is 0 Å². The molecule has 19 heavy (non-hydrogen) atoms. The zero-order chi connectivity index (χ0) is 14.3. The third kappa shape index (κ3) is 5.00. The molecule has 0 aromatic carbocycles. The number of amides is 2. The van der Waals surface area contributed by atoms with Crippen molar-refractivity contribution in [2.45, 2.75) is 26.4 Å². The van der Waals surface area contributed by atoms with Gasteiger partial charge in [-0.2, -0.15) is 0 Å². The van der Waals surface area contributed by atoms with Crippen LogP contribution in [0.1, 0.15) is 29.2 Å². The molecule has 0 aliphatic carbocycles. The van der Waals surface area contributed by atoms with Crippen LogP contribution < -0.4 is 10.6 Å². The van der Waals surface area contributed by atoms with E-state index in [-0.39, 0.29) is 12.6 Å². The predicted molar refractivity (Wildman–Crippen MR) is 75.1 cm³/mol. The van der Waals surface area contributed by atoms with Gasteiger partial charge < -0.3 is 15.4 Å². The molecule has 1 atom stereocenters. The fraction of sp³-hybridized carbons (Fsp3) is 0.538. The highest BCUT2D eigenvalue weighted by Crippen LogP contribution is 2.24. The van der Waals surface area contributed by atoms with E-state index in [9.17, 15) is 9.59 Å². The lowest BCUT2D eigenvalue weighted by atomic mass is 10.3.